The van der Waals surface area contributed by atoms with E-state index in [1.807, 2.05) is 42.5 Å². The first-order valence-corrected chi connectivity index (χ1v) is 10.2. The van der Waals surface area contributed by atoms with Crippen molar-refractivity contribution < 1.29 is 9.15 Å². The Kier molecular flexibility index (Phi) is 4.93. The number of nitrogens with one attached hydrogen (secondary N) is 1. The molecule has 0 aliphatic carbocycles. The van der Waals surface area contributed by atoms with Gasteiger partial charge in [-0.25, -0.2) is 10.4 Å². The van der Waals surface area contributed by atoms with Crippen LogP contribution in [0, 0.1) is 0 Å². The molecule has 0 atom stereocenters. The summed E-state index contributed by atoms with van der Waals surface area (Å²) in [7, 11) is 0. The number of ether oxygens (including phenoxy) is 1. The van der Waals surface area contributed by atoms with E-state index in [1.54, 1.807) is 17.6 Å². The van der Waals surface area contributed by atoms with Gasteiger partial charge in [0.2, 0.25) is 0 Å². The van der Waals surface area contributed by atoms with Gasteiger partial charge in [0.15, 0.2) is 10.7 Å². The van der Waals surface area contributed by atoms with Crippen molar-refractivity contribution in [1.29, 1.82) is 0 Å². The molecule has 4 aromatic rings. The van der Waals surface area contributed by atoms with Crippen molar-refractivity contribution in [2.45, 2.75) is 0 Å². The van der Waals surface area contributed by atoms with Crippen LogP contribution in [0.4, 0.5) is 11.1 Å². The number of nitrogens with zero attached hydrogens (tertiary/aromatic N) is 4. The average Bonchev–Trinajstić information content (AvgIpc) is 3.39. The number of oxazole rings is 1. The SMILES string of the molecule is C(=N\Nc1nc2ccccc2o1)/c1sc(N2CCOCC2)nc1-c1ccccc1. The second-order valence-corrected chi connectivity index (χ2v) is 7.54. The lowest BCUT2D eigenvalue weighted by molar-refractivity contribution is 0.122. The van der Waals surface area contributed by atoms with Crippen LogP contribution in [0.3, 0.4) is 0 Å². The molecule has 5 rings (SSSR count). The molecule has 0 saturated carbocycles. The number of hydrazone groups is 1. The molecule has 29 heavy (non-hydrogen) atoms. The lowest BCUT2D eigenvalue weighted by Gasteiger charge is -2.26. The Morgan fingerprint density at radius 2 is 1.79 bits per heavy atom. The minimum atomic E-state index is 0.363. The lowest BCUT2D eigenvalue weighted by Crippen LogP contribution is -2.36. The van der Waals surface area contributed by atoms with Crippen LogP contribution >= 0.6 is 11.3 Å². The molecule has 0 amide bonds. The van der Waals surface area contributed by atoms with Crippen molar-refractivity contribution in [3.8, 4) is 11.3 Å². The maximum Gasteiger partial charge on any atom is 0.316 e. The summed E-state index contributed by atoms with van der Waals surface area (Å²) < 4.78 is 11.1. The number of hydrogen-bond acceptors (Lipinski definition) is 8. The maximum absolute atomic E-state index is 5.65. The zero-order valence-electron chi connectivity index (χ0n) is 15.6. The zero-order chi connectivity index (χ0) is 19.5. The molecular formula is C21H19N5O2S. The van der Waals surface area contributed by atoms with Gasteiger partial charge in [-0.3, -0.25) is 0 Å². The van der Waals surface area contributed by atoms with Crippen molar-refractivity contribution >= 4 is 39.8 Å². The molecule has 0 unspecified atom stereocenters. The smallest absolute Gasteiger partial charge is 0.316 e. The molecule has 1 aliphatic rings. The van der Waals surface area contributed by atoms with Crippen LogP contribution in [-0.2, 0) is 4.74 Å². The summed E-state index contributed by atoms with van der Waals surface area (Å²) in [5, 5.41) is 5.33. The van der Waals surface area contributed by atoms with Crippen molar-refractivity contribution in [2.75, 3.05) is 36.6 Å². The molecule has 1 N–H and O–H groups in total. The normalized spacial score (nSPS) is 14.7. The number of thiazole rings is 1. The number of para-hydroxylation sites is 2. The quantitative estimate of drug-likeness (QED) is 0.395. The van der Waals surface area contributed by atoms with Crippen LogP contribution in [0.1, 0.15) is 4.88 Å². The molecule has 8 heteroatoms. The maximum atomic E-state index is 5.65. The predicted molar refractivity (Wildman–Crippen MR) is 116 cm³/mol. The Balaban J connectivity index is 1.42. The molecule has 2 aromatic carbocycles. The fourth-order valence-corrected chi connectivity index (χ4v) is 4.18. The number of fused-ring (bicyclic) bond motifs is 1. The van der Waals surface area contributed by atoms with Crippen molar-refractivity contribution in [3.63, 3.8) is 0 Å². The Labute approximate surface area is 171 Å². The molecular weight excluding hydrogens is 386 g/mol. The van der Waals surface area contributed by atoms with Gasteiger partial charge in [-0.05, 0) is 12.1 Å². The third-order valence-electron chi connectivity index (χ3n) is 4.61. The molecule has 2 aromatic heterocycles. The zero-order valence-corrected chi connectivity index (χ0v) is 16.4. The highest BCUT2D eigenvalue weighted by atomic mass is 32.1. The molecule has 7 nitrogen and oxygen atoms in total. The third-order valence-corrected chi connectivity index (χ3v) is 5.66. The second-order valence-electron chi connectivity index (χ2n) is 6.53. The van der Waals surface area contributed by atoms with Gasteiger partial charge < -0.3 is 14.1 Å². The standard InChI is InChI=1S/C21H19N5O2S/c1-2-6-15(7-3-1)19-18(29-21(24-19)26-10-12-27-13-11-26)14-22-25-20-23-16-8-4-5-9-17(16)28-20/h1-9,14H,10-13H2,(H,23,25)/b22-14+. The number of morpholine rings is 1. The molecule has 1 fully saturated rings. The largest absolute Gasteiger partial charge is 0.422 e. The van der Waals surface area contributed by atoms with E-state index in [9.17, 15) is 0 Å². The summed E-state index contributed by atoms with van der Waals surface area (Å²) in [6.45, 7) is 3.14. The monoisotopic (exact) mass is 405 g/mol. The molecule has 1 saturated heterocycles. The van der Waals surface area contributed by atoms with Gasteiger partial charge in [-0.1, -0.05) is 53.8 Å². The first-order valence-electron chi connectivity index (χ1n) is 9.40. The summed E-state index contributed by atoms with van der Waals surface area (Å²) in [5.74, 6) is 0. The van der Waals surface area contributed by atoms with E-state index in [0.717, 1.165) is 58.7 Å². The molecule has 1 aliphatic heterocycles. The first kappa shape index (κ1) is 17.8. The highest BCUT2D eigenvalue weighted by Crippen LogP contribution is 2.32. The minimum absolute atomic E-state index is 0.363. The highest BCUT2D eigenvalue weighted by Gasteiger charge is 2.18. The lowest BCUT2D eigenvalue weighted by atomic mass is 10.1. The fraction of sp³-hybridized carbons (Fsp3) is 0.190. The predicted octanol–water partition coefficient (Wildman–Crippen LogP) is 4.23. The molecule has 0 bridgehead atoms. The van der Waals surface area contributed by atoms with Crippen LogP contribution in [-0.4, -0.2) is 42.5 Å². The van der Waals surface area contributed by atoms with Gasteiger partial charge in [0.05, 0.1) is 30.0 Å². The van der Waals surface area contributed by atoms with E-state index in [1.165, 1.54) is 0 Å². The molecule has 0 radical (unpaired) electrons. The summed E-state index contributed by atoms with van der Waals surface area (Å²) >= 11 is 1.62. The number of rotatable bonds is 5. The Morgan fingerprint density at radius 3 is 2.62 bits per heavy atom. The summed E-state index contributed by atoms with van der Waals surface area (Å²) in [5.41, 5.74) is 6.38. The summed E-state index contributed by atoms with van der Waals surface area (Å²) in [4.78, 5) is 12.5. The van der Waals surface area contributed by atoms with Crippen molar-refractivity contribution in [1.82, 2.24) is 9.97 Å². The first-order chi connectivity index (χ1) is 14.4. The number of anilines is 2. The van der Waals surface area contributed by atoms with Gasteiger partial charge in [0, 0.05) is 18.7 Å². The van der Waals surface area contributed by atoms with E-state index >= 15 is 0 Å². The third kappa shape index (κ3) is 3.85. The van der Waals surface area contributed by atoms with Crippen LogP contribution in [0.15, 0.2) is 64.1 Å². The number of aromatic nitrogens is 2. The van der Waals surface area contributed by atoms with Gasteiger partial charge in [0.25, 0.3) is 0 Å². The van der Waals surface area contributed by atoms with Crippen molar-refractivity contribution in [3.05, 3.63) is 59.5 Å². The summed E-state index contributed by atoms with van der Waals surface area (Å²) in [6.07, 6.45) is 1.78. The van der Waals surface area contributed by atoms with Crippen LogP contribution in [0.25, 0.3) is 22.4 Å². The Morgan fingerprint density at radius 1 is 1.00 bits per heavy atom. The Hall–Kier alpha value is -3.23. The van der Waals surface area contributed by atoms with Crippen LogP contribution in [0.2, 0.25) is 0 Å². The van der Waals surface area contributed by atoms with Crippen LogP contribution in [0.5, 0.6) is 0 Å². The van der Waals surface area contributed by atoms with Gasteiger partial charge >= 0.3 is 6.01 Å². The van der Waals surface area contributed by atoms with E-state index < -0.39 is 0 Å². The number of benzene rings is 2. The summed E-state index contributed by atoms with van der Waals surface area (Å²) in [6, 6.07) is 18.1. The van der Waals surface area contributed by atoms with E-state index in [0.29, 0.717) is 6.01 Å². The molecule has 3 heterocycles. The van der Waals surface area contributed by atoms with Gasteiger partial charge in [-0.15, -0.1) is 0 Å². The highest BCUT2D eigenvalue weighted by molar-refractivity contribution is 7.17. The van der Waals surface area contributed by atoms with E-state index in [2.05, 4.69) is 32.5 Å². The Bertz CT molecular complexity index is 1100. The average molecular weight is 405 g/mol. The van der Waals surface area contributed by atoms with E-state index in [4.69, 9.17) is 14.1 Å². The fourth-order valence-electron chi connectivity index (χ4n) is 3.17. The number of hydrogen-bond donors (Lipinski definition) is 1. The second kappa shape index (κ2) is 8.02. The van der Waals surface area contributed by atoms with E-state index in [-0.39, 0.29) is 0 Å². The topological polar surface area (TPSA) is 75.8 Å². The van der Waals surface area contributed by atoms with Gasteiger partial charge in [-0.2, -0.15) is 10.1 Å². The van der Waals surface area contributed by atoms with Gasteiger partial charge in [0.1, 0.15) is 5.52 Å². The molecule has 0 spiro atoms. The van der Waals surface area contributed by atoms with Crippen molar-refractivity contribution in [2.24, 2.45) is 5.10 Å². The minimum Gasteiger partial charge on any atom is -0.422 e. The van der Waals surface area contributed by atoms with Crippen LogP contribution < -0.4 is 10.3 Å². The molecule has 146 valence electrons.